The highest BCUT2D eigenvalue weighted by Gasteiger charge is 2.16. The van der Waals surface area contributed by atoms with Crippen LogP contribution in [0, 0.1) is 0 Å². The molecule has 0 aliphatic heterocycles. The van der Waals surface area contributed by atoms with E-state index in [4.69, 9.17) is 4.74 Å². The summed E-state index contributed by atoms with van der Waals surface area (Å²) in [4.78, 5) is 11.9. The minimum Gasteiger partial charge on any atom is -0.481 e. The van der Waals surface area contributed by atoms with Gasteiger partial charge in [-0.1, -0.05) is 36.7 Å². The number of halogens is 1. The van der Waals surface area contributed by atoms with E-state index in [9.17, 15) is 4.79 Å². The summed E-state index contributed by atoms with van der Waals surface area (Å²) < 4.78 is 6.82. The minimum absolute atomic E-state index is 0.0810. The SMILES string of the molecule is CCCNC(=O)C(C)Oc1ccc(Br)cc1CNC(C)C. The number of rotatable bonds is 8. The lowest BCUT2D eigenvalue weighted by atomic mass is 10.2. The summed E-state index contributed by atoms with van der Waals surface area (Å²) in [5.41, 5.74) is 1.04. The zero-order chi connectivity index (χ0) is 15.8. The molecule has 0 fully saturated rings. The summed E-state index contributed by atoms with van der Waals surface area (Å²) >= 11 is 3.47. The fourth-order valence-electron chi connectivity index (χ4n) is 1.75. The van der Waals surface area contributed by atoms with Crippen molar-refractivity contribution in [3.63, 3.8) is 0 Å². The average Bonchev–Trinajstić information content (AvgIpc) is 2.44. The number of hydrogen-bond acceptors (Lipinski definition) is 3. The maximum atomic E-state index is 11.9. The first-order valence-corrected chi connectivity index (χ1v) is 8.19. The molecule has 0 bridgehead atoms. The molecule has 0 spiro atoms. The van der Waals surface area contributed by atoms with Gasteiger partial charge in [0, 0.05) is 29.2 Å². The Bertz CT molecular complexity index is 464. The van der Waals surface area contributed by atoms with E-state index < -0.39 is 6.10 Å². The van der Waals surface area contributed by atoms with Gasteiger partial charge < -0.3 is 15.4 Å². The number of ether oxygens (including phenoxy) is 1. The van der Waals surface area contributed by atoms with Crippen molar-refractivity contribution < 1.29 is 9.53 Å². The monoisotopic (exact) mass is 356 g/mol. The lowest BCUT2D eigenvalue weighted by Crippen LogP contribution is -2.37. The molecule has 0 aliphatic carbocycles. The van der Waals surface area contributed by atoms with Crippen molar-refractivity contribution in [1.82, 2.24) is 10.6 Å². The van der Waals surface area contributed by atoms with Crippen LogP contribution >= 0.6 is 15.9 Å². The second kappa shape index (κ2) is 9.05. The average molecular weight is 357 g/mol. The van der Waals surface area contributed by atoms with Crippen molar-refractivity contribution in [2.45, 2.75) is 52.8 Å². The lowest BCUT2D eigenvalue weighted by Gasteiger charge is -2.18. The van der Waals surface area contributed by atoms with Gasteiger partial charge in [0.2, 0.25) is 0 Å². The molecule has 118 valence electrons. The summed E-state index contributed by atoms with van der Waals surface area (Å²) in [6.45, 7) is 9.37. The fraction of sp³-hybridized carbons (Fsp3) is 0.562. The summed E-state index contributed by atoms with van der Waals surface area (Å²) in [5.74, 6) is 0.660. The molecule has 0 radical (unpaired) electrons. The molecular weight excluding hydrogens is 332 g/mol. The summed E-state index contributed by atoms with van der Waals surface area (Å²) in [6.07, 6.45) is 0.413. The predicted octanol–water partition coefficient (Wildman–Crippen LogP) is 3.24. The Hall–Kier alpha value is -1.07. The van der Waals surface area contributed by atoms with Crippen molar-refractivity contribution in [1.29, 1.82) is 0 Å². The third kappa shape index (κ3) is 6.48. The van der Waals surface area contributed by atoms with E-state index >= 15 is 0 Å². The van der Waals surface area contributed by atoms with Crippen LogP contribution in [0.2, 0.25) is 0 Å². The topological polar surface area (TPSA) is 50.4 Å². The maximum absolute atomic E-state index is 11.9. The maximum Gasteiger partial charge on any atom is 0.260 e. The quantitative estimate of drug-likeness (QED) is 0.751. The molecule has 1 rings (SSSR count). The van der Waals surface area contributed by atoms with Gasteiger partial charge >= 0.3 is 0 Å². The largest absolute Gasteiger partial charge is 0.481 e. The minimum atomic E-state index is -0.504. The van der Waals surface area contributed by atoms with Gasteiger partial charge in [-0.2, -0.15) is 0 Å². The number of nitrogens with one attached hydrogen (secondary N) is 2. The molecule has 0 saturated carbocycles. The number of hydrogen-bond donors (Lipinski definition) is 2. The van der Waals surface area contributed by atoms with Crippen molar-refractivity contribution in [2.75, 3.05) is 6.54 Å². The zero-order valence-corrected chi connectivity index (χ0v) is 14.8. The number of benzene rings is 1. The second-order valence-electron chi connectivity index (χ2n) is 5.34. The first-order valence-electron chi connectivity index (χ1n) is 7.40. The standard InChI is InChI=1S/C16H25BrN2O2/c1-5-8-18-16(20)12(4)21-15-7-6-14(17)9-13(15)10-19-11(2)3/h6-7,9,11-12,19H,5,8,10H2,1-4H3,(H,18,20). The molecule has 5 heteroatoms. The Morgan fingerprint density at radius 1 is 1.33 bits per heavy atom. The molecule has 0 aromatic heterocycles. The van der Waals surface area contributed by atoms with Gasteiger partial charge in [0.05, 0.1) is 0 Å². The molecule has 2 N–H and O–H groups in total. The fourth-order valence-corrected chi connectivity index (χ4v) is 2.16. The first-order chi connectivity index (χ1) is 9.93. The first kappa shape index (κ1) is 18.0. The van der Waals surface area contributed by atoms with Crippen LogP contribution in [0.15, 0.2) is 22.7 Å². The van der Waals surface area contributed by atoms with Gasteiger partial charge in [-0.25, -0.2) is 0 Å². The third-order valence-electron chi connectivity index (χ3n) is 2.95. The van der Waals surface area contributed by atoms with Crippen LogP contribution in [0.3, 0.4) is 0 Å². The van der Waals surface area contributed by atoms with Gasteiger partial charge in [-0.15, -0.1) is 0 Å². The molecule has 4 nitrogen and oxygen atoms in total. The highest BCUT2D eigenvalue weighted by Crippen LogP contribution is 2.24. The van der Waals surface area contributed by atoms with Crippen LogP contribution in [-0.2, 0) is 11.3 Å². The summed E-state index contributed by atoms with van der Waals surface area (Å²) in [7, 11) is 0. The second-order valence-corrected chi connectivity index (χ2v) is 6.25. The predicted molar refractivity (Wildman–Crippen MR) is 89.5 cm³/mol. The molecule has 1 unspecified atom stereocenters. The van der Waals surface area contributed by atoms with Crippen LogP contribution in [0.25, 0.3) is 0 Å². The van der Waals surface area contributed by atoms with Gasteiger partial charge in [0.1, 0.15) is 5.75 Å². The number of carbonyl (C=O) groups excluding carboxylic acids is 1. The van der Waals surface area contributed by atoms with Crippen LogP contribution in [0.1, 0.15) is 39.7 Å². The van der Waals surface area contributed by atoms with Crippen LogP contribution in [0.4, 0.5) is 0 Å². The van der Waals surface area contributed by atoms with E-state index in [1.807, 2.05) is 25.1 Å². The molecular formula is C16H25BrN2O2. The molecule has 1 atom stereocenters. The van der Waals surface area contributed by atoms with Crippen molar-refractivity contribution in [3.8, 4) is 5.75 Å². The van der Waals surface area contributed by atoms with E-state index in [2.05, 4.69) is 40.4 Å². The number of carbonyl (C=O) groups is 1. The highest BCUT2D eigenvalue weighted by atomic mass is 79.9. The number of amides is 1. The molecule has 21 heavy (non-hydrogen) atoms. The summed E-state index contributed by atoms with van der Waals surface area (Å²) in [5, 5.41) is 6.21. The van der Waals surface area contributed by atoms with Gasteiger partial charge in [-0.05, 0) is 31.5 Å². The zero-order valence-electron chi connectivity index (χ0n) is 13.2. The normalized spacial score (nSPS) is 12.3. The molecule has 1 amide bonds. The van der Waals surface area contributed by atoms with Crippen molar-refractivity contribution in [3.05, 3.63) is 28.2 Å². The van der Waals surface area contributed by atoms with E-state index in [1.165, 1.54) is 0 Å². The highest BCUT2D eigenvalue weighted by molar-refractivity contribution is 9.10. The Morgan fingerprint density at radius 3 is 2.67 bits per heavy atom. The molecule has 0 heterocycles. The van der Waals surface area contributed by atoms with E-state index in [0.29, 0.717) is 19.1 Å². The van der Waals surface area contributed by atoms with Gasteiger partial charge in [0.25, 0.3) is 5.91 Å². The smallest absolute Gasteiger partial charge is 0.260 e. The Morgan fingerprint density at radius 2 is 2.05 bits per heavy atom. The van der Waals surface area contributed by atoms with Gasteiger partial charge in [0.15, 0.2) is 6.10 Å². The van der Waals surface area contributed by atoms with Crippen molar-refractivity contribution in [2.24, 2.45) is 0 Å². The Kier molecular flexibility index (Phi) is 7.75. The molecule has 0 aliphatic rings. The lowest BCUT2D eigenvalue weighted by molar-refractivity contribution is -0.127. The van der Waals surface area contributed by atoms with Crippen LogP contribution < -0.4 is 15.4 Å². The Balaban J connectivity index is 2.74. The van der Waals surface area contributed by atoms with Crippen LogP contribution in [-0.4, -0.2) is 24.6 Å². The molecule has 1 aromatic carbocycles. The summed E-state index contributed by atoms with van der Waals surface area (Å²) in [6, 6.07) is 6.22. The van der Waals surface area contributed by atoms with Crippen molar-refractivity contribution >= 4 is 21.8 Å². The van der Waals surface area contributed by atoms with E-state index in [-0.39, 0.29) is 5.91 Å². The van der Waals surface area contributed by atoms with Crippen LogP contribution in [0.5, 0.6) is 5.75 Å². The van der Waals surface area contributed by atoms with E-state index in [1.54, 1.807) is 6.92 Å². The van der Waals surface area contributed by atoms with E-state index in [0.717, 1.165) is 22.2 Å². The third-order valence-corrected chi connectivity index (χ3v) is 3.44. The molecule has 0 saturated heterocycles. The molecule has 1 aromatic rings. The Labute approximate surface area is 135 Å². The van der Waals surface area contributed by atoms with Gasteiger partial charge in [-0.3, -0.25) is 4.79 Å².